The number of benzene rings is 1. The average molecular weight is 295 g/mol. The third-order valence-corrected chi connectivity index (χ3v) is 3.05. The van der Waals surface area contributed by atoms with E-state index in [1.807, 2.05) is 10.8 Å². The van der Waals surface area contributed by atoms with Gasteiger partial charge in [0.05, 0.1) is 29.7 Å². The zero-order chi connectivity index (χ0) is 14.5. The summed E-state index contributed by atoms with van der Waals surface area (Å²) < 4.78 is 6.64. The maximum atomic E-state index is 11.7. The van der Waals surface area contributed by atoms with E-state index in [1.54, 1.807) is 18.6 Å². The highest BCUT2D eigenvalue weighted by molar-refractivity contribution is 6.34. The summed E-state index contributed by atoms with van der Waals surface area (Å²) in [6.07, 6.45) is 5.27. The molecule has 1 aromatic heterocycles. The highest BCUT2D eigenvalue weighted by Gasteiger charge is 2.15. The van der Waals surface area contributed by atoms with Gasteiger partial charge in [-0.15, -0.1) is 0 Å². The van der Waals surface area contributed by atoms with E-state index in [4.69, 9.17) is 22.1 Å². The van der Waals surface area contributed by atoms with Gasteiger partial charge in [-0.25, -0.2) is 9.78 Å². The number of hydrogen-bond acceptors (Lipinski definition) is 5. The van der Waals surface area contributed by atoms with Crippen LogP contribution in [0.2, 0.25) is 5.02 Å². The van der Waals surface area contributed by atoms with Gasteiger partial charge >= 0.3 is 5.97 Å². The number of nitrogens with two attached hydrogens (primary N) is 1. The first-order valence-electron chi connectivity index (χ1n) is 5.98. The predicted octanol–water partition coefficient (Wildman–Crippen LogP) is 2.02. The fourth-order valence-corrected chi connectivity index (χ4v) is 2.10. The third kappa shape index (κ3) is 3.21. The largest absolute Gasteiger partial charge is 0.465 e. The number of methoxy groups -OCH3 is 1. The van der Waals surface area contributed by atoms with Crippen molar-refractivity contribution in [1.82, 2.24) is 9.55 Å². The van der Waals surface area contributed by atoms with Crippen LogP contribution in [0, 0.1) is 0 Å². The van der Waals surface area contributed by atoms with Gasteiger partial charge in [-0.2, -0.15) is 0 Å². The quantitative estimate of drug-likeness (QED) is 0.651. The normalized spacial score (nSPS) is 10.3. The molecule has 0 saturated carbocycles. The van der Waals surface area contributed by atoms with Gasteiger partial charge in [0.15, 0.2) is 0 Å². The highest BCUT2D eigenvalue weighted by atomic mass is 35.5. The number of halogens is 1. The van der Waals surface area contributed by atoms with Crippen LogP contribution in [-0.2, 0) is 11.3 Å². The van der Waals surface area contributed by atoms with Crippen LogP contribution in [0.3, 0.4) is 0 Å². The van der Waals surface area contributed by atoms with Crippen LogP contribution in [-0.4, -0.2) is 29.2 Å². The molecule has 0 aliphatic heterocycles. The van der Waals surface area contributed by atoms with E-state index in [0.717, 1.165) is 0 Å². The second-order valence-corrected chi connectivity index (χ2v) is 4.55. The molecule has 0 saturated heterocycles. The van der Waals surface area contributed by atoms with Crippen molar-refractivity contribution in [1.29, 1.82) is 0 Å². The number of esters is 1. The molecule has 0 fully saturated rings. The molecular weight excluding hydrogens is 280 g/mol. The second kappa shape index (κ2) is 6.29. The summed E-state index contributed by atoms with van der Waals surface area (Å²) in [5.74, 6) is -0.482. The summed E-state index contributed by atoms with van der Waals surface area (Å²) in [4.78, 5) is 15.7. The summed E-state index contributed by atoms with van der Waals surface area (Å²) in [5.41, 5.74) is 6.95. The van der Waals surface area contributed by atoms with Crippen LogP contribution in [0.4, 0.5) is 11.4 Å². The first-order chi connectivity index (χ1) is 9.61. The minimum absolute atomic E-state index is 0.322. The van der Waals surface area contributed by atoms with Crippen molar-refractivity contribution in [3.63, 3.8) is 0 Å². The van der Waals surface area contributed by atoms with Crippen LogP contribution in [0.15, 0.2) is 30.9 Å². The Labute approximate surface area is 121 Å². The fraction of sp³-hybridized carbons (Fsp3) is 0.231. The SMILES string of the molecule is COC(=O)c1cc(N)cc(Cl)c1NCCn1ccnc1. The lowest BCUT2D eigenvalue weighted by molar-refractivity contribution is 0.0602. The minimum Gasteiger partial charge on any atom is -0.465 e. The van der Waals surface area contributed by atoms with Crippen molar-refractivity contribution in [3.8, 4) is 0 Å². The number of imidazole rings is 1. The molecule has 7 heteroatoms. The molecule has 6 nitrogen and oxygen atoms in total. The molecule has 0 radical (unpaired) electrons. The van der Waals surface area contributed by atoms with Crippen molar-refractivity contribution in [2.75, 3.05) is 24.7 Å². The Bertz CT molecular complexity index is 599. The molecule has 0 aliphatic rings. The maximum absolute atomic E-state index is 11.7. The first-order valence-corrected chi connectivity index (χ1v) is 6.36. The van der Waals surface area contributed by atoms with Crippen LogP contribution in [0.25, 0.3) is 0 Å². The van der Waals surface area contributed by atoms with Gasteiger partial charge in [0.2, 0.25) is 0 Å². The third-order valence-electron chi connectivity index (χ3n) is 2.75. The molecular formula is C13H15ClN4O2. The Kier molecular flexibility index (Phi) is 4.47. The van der Waals surface area contributed by atoms with E-state index < -0.39 is 5.97 Å². The maximum Gasteiger partial charge on any atom is 0.340 e. The zero-order valence-electron chi connectivity index (χ0n) is 11.0. The Hall–Kier alpha value is -2.21. The van der Waals surface area contributed by atoms with E-state index in [1.165, 1.54) is 13.2 Å². The molecule has 0 spiro atoms. The summed E-state index contributed by atoms with van der Waals surface area (Å²) in [5, 5.41) is 3.51. The molecule has 2 rings (SSSR count). The summed E-state index contributed by atoms with van der Waals surface area (Å²) in [6, 6.07) is 3.13. The molecule has 2 aromatic rings. The van der Waals surface area contributed by atoms with E-state index >= 15 is 0 Å². The van der Waals surface area contributed by atoms with Crippen LogP contribution < -0.4 is 11.1 Å². The van der Waals surface area contributed by atoms with Gasteiger partial charge in [0.1, 0.15) is 0 Å². The monoisotopic (exact) mass is 294 g/mol. The van der Waals surface area contributed by atoms with Gasteiger partial charge < -0.3 is 20.4 Å². The number of aromatic nitrogens is 2. The van der Waals surface area contributed by atoms with Gasteiger partial charge in [-0.05, 0) is 12.1 Å². The van der Waals surface area contributed by atoms with Crippen molar-refractivity contribution >= 4 is 28.9 Å². The summed E-state index contributed by atoms with van der Waals surface area (Å²) >= 11 is 6.13. The Morgan fingerprint density at radius 3 is 3.00 bits per heavy atom. The van der Waals surface area contributed by atoms with E-state index in [-0.39, 0.29) is 0 Å². The highest BCUT2D eigenvalue weighted by Crippen LogP contribution is 2.29. The minimum atomic E-state index is -0.482. The topological polar surface area (TPSA) is 82.2 Å². The molecule has 0 amide bonds. The van der Waals surface area contributed by atoms with Gasteiger partial charge in [-0.1, -0.05) is 11.6 Å². The van der Waals surface area contributed by atoms with Crippen LogP contribution in [0.5, 0.6) is 0 Å². The van der Waals surface area contributed by atoms with E-state index in [0.29, 0.717) is 35.1 Å². The standard InChI is InChI=1S/C13H15ClN4O2/c1-20-13(19)10-6-9(15)7-11(14)12(10)17-3-5-18-4-2-16-8-18/h2,4,6-8,17H,3,5,15H2,1H3. The number of carbonyl (C=O) groups excluding carboxylic acids is 1. The lowest BCUT2D eigenvalue weighted by Crippen LogP contribution is -2.14. The average Bonchev–Trinajstić information content (AvgIpc) is 2.93. The number of hydrogen-bond donors (Lipinski definition) is 2. The van der Waals surface area contributed by atoms with Gasteiger partial charge in [0.25, 0.3) is 0 Å². The van der Waals surface area contributed by atoms with Crippen molar-refractivity contribution in [2.24, 2.45) is 0 Å². The van der Waals surface area contributed by atoms with Gasteiger partial charge in [-0.3, -0.25) is 0 Å². The second-order valence-electron chi connectivity index (χ2n) is 4.14. The molecule has 0 aliphatic carbocycles. The molecule has 0 bridgehead atoms. The molecule has 0 atom stereocenters. The Balaban J connectivity index is 2.15. The van der Waals surface area contributed by atoms with Crippen molar-refractivity contribution < 1.29 is 9.53 Å². The first kappa shape index (κ1) is 14.2. The molecule has 3 N–H and O–H groups in total. The number of nitrogens with zero attached hydrogens (tertiary/aromatic N) is 2. The predicted molar refractivity (Wildman–Crippen MR) is 77.9 cm³/mol. The Morgan fingerprint density at radius 2 is 2.35 bits per heavy atom. The Morgan fingerprint density at radius 1 is 1.55 bits per heavy atom. The smallest absolute Gasteiger partial charge is 0.340 e. The number of ether oxygens (including phenoxy) is 1. The van der Waals surface area contributed by atoms with Crippen molar-refractivity contribution in [3.05, 3.63) is 41.4 Å². The number of carbonyl (C=O) groups is 1. The lowest BCUT2D eigenvalue weighted by atomic mass is 10.1. The lowest BCUT2D eigenvalue weighted by Gasteiger charge is -2.13. The molecule has 20 heavy (non-hydrogen) atoms. The van der Waals surface area contributed by atoms with E-state index in [2.05, 4.69) is 10.3 Å². The van der Waals surface area contributed by atoms with Crippen LogP contribution in [0.1, 0.15) is 10.4 Å². The number of anilines is 2. The van der Waals surface area contributed by atoms with Crippen molar-refractivity contribution in [2.45, 2.75) is 6.54 Å². The molecule has 0 unspecified atom stereocenters. The number of nitrogens with one attached hydrogen (secondary N) is 1. The van der Waals surface area contributed by atoms with Gasteiger partial charge in [0, 0.05) is 31.2 Å². The molecule has 1 heterocycles. The van der Waals surface area contributed by atoms with Crippen LogP contribution >= 0.6 is 11.6 Å². The zero-order valence-corrected chi connectivity index (χ0v) is 11.7. The fourth-order valence-electron chi connectivity index (χ4n) is 1.81. The molecule has 106 valence electrons. The number of rotatable bonds is 5. The van der Waals surface area contributed by atoms with E-state index in [9.17, 15) is 4.79 Å². The number of nitrogen functional groups attached to an aromatic ring is 1. The summed E-state index contributed by atoms with van der Waals surface area (Å²) in [7, 11) is 1.31. The summed E-state index contributed by atoms with van der Waals surface area (Å²) in [6.45, 7) is 1.28. The molecule has 1 aromatic carbocycles.